The first-order valence-electron chi connectivity index (χ1n) is 12.5. The van der Waals surface area contributed by atoms with E-state index in [4.69, 9.17) is 32.7 Å². The van der Waals surface area contributed by atoms with Gasteiger partial charge < -0.3 is 29.7 Å². The van der Waals surface area contributed by atoms with Crippen LogP contribution < -0.4 is 4.90 Å². The number of anilines is 1. The van der Waals surface area contributed by atoms with Gasteiger partial charge in [-0.05, 0) is 43.2 Å². The minimum Gasteiger partial charge on any atom is -0.394 e. The predicted molar refractivity (Wildman–Crippen MR) is 140 cm³/mol. The topological polar surface area (TPSA) is 130 Å². The van der Waals surface area contributed by atoms with E-state index in [2.05, 4.69) is 10.3 Å². The molecule has 5 rings (SSSR count). The van der Waals surface area contributed by atoms with Crippen molar-refractivity contribution < 1.29 is 42.8 Å². The molecular weight excluding hydrogens is 592 g/mol. The third kappa shape index (κ3) is 5.55. The first-order valence-corrected chi connectivity index (χ1v) is 13.3. The maximum Gasteiger partial charge on any atom is 0.259 e. The smallest absolute Gasteiger partial charge is 0.259 e. The van der Waals surface area contributed by atoms with Crippen molar-refractivity contribution in [2.45, 2.75) is 55.4 Å². The zero-order valence-corrected chi connectivity index (χ0v) is 22.9. The lowest BCUT2D eigenvalue weighted by Crippen LogP contribution is -2.64. The summed E-state index contributed by atoms with van der Waals surface area (Å²) < 4.78 is 53.8. The molecule has 2 aliphatic rings. The van der Waals surface area contributed by atoms with Gasteiger partial charge in [0.2, 0.25) is 0 Å². The minimum absolute atomic E-state index is 0.0624. The molecule has 41 heavy (non-hydrogen) atoms. The van der Waals surface area contributed by atoms with Gasteiger partial charge in [0.1, 0.15) is 30.0 Å². The number of aliphatic hydroxyl groups excluding tert-OH is 3. The van der Waals surface area contributed by atoms with E-state index in [0.29, 0.717) is 18.5 Å². The zero-order chi connectivity index (χ0) is 29.6. The second kappa shape index (κ2) is 11.8. The molecule has 2 fully saturated rings. The SMILES string of the molecule is CO[C@@H]1[C@@H](n2cc(-c3cc(F)c(F)c(F)c3)nn2)[C@@H](O)[C@@H](CO)O[C@H]1C(=O)N(c1cc(Cl)cc(Cl)c1)[C@@H]1CC[C@H]1O. The number of carbonyl (C=O) groups excluding carboxylic acids is 1. The molecule has 2 aromatic carbocycles. The Morgan fingerprint density at radius 1 is 1.12 bits per heavy atom. The van der Waals surface area contributed by atoms with Gasteiger partial charge in [-0.3, -0.25) is 4.79 Å². The van der Waals surface area contributed by atoms with Crippen LogP contribution in [0.5, 0.6) is 0 Å². The van der Waals surface area contributed by atoms with E-state index >= 15 is 0 Å². The van der Waals surface area contributed by atoms with Crippen LogP contribution in [-0.2, 0) is 14.3 Å². The molecule has 10 nitrogen and oxygen atoms in total. The van der Waals surface area contributed by atoms with E-state index in [9.17, 15) is 33.3 Å². The minimum atomic E-state index is -1.64. The number of halogens is 5. The third-order valence-electron chi connectivity index (χ3n) is 7.37. The molecule has 1 aliphatic carbocycles. The average molecular weight is 617 g/mol. The van der Waals surface area contributed by atoms with Crippen molar-refractivity contribution in [2.75, 3.05) is 18.6 Å². The summed E-state index contributed by atoms with van der Waals surface area (Å²) in [6.07, 6.45) is -4.12. The van der Waals surface area contributed by atoms with Crippen LogP contribution in [0.25, 0.3) is 11.3 Å². The third-order valence-corrected chi connectivity index (χ3v) is 7.81. The van der Waals surface area contributed by atoms with Crippen molar-refractivity contribution in [3.63, 3.8) is 0 Å². The number of ether oxygens (including phenoxy) is 2. The van der Waals surface area contributed by atoms with Gasteiger partial charge in [0.05, 0.1) is 24.9 Å². The Balaban J connectivity index is 1.53. The molecule has 1 saturated carbocycles. The molecule has 3 N–H and O–H groups in total. The molecule has 1 amide bonds. The number of aromatic nitrogens is 3. The summed E-state index contributed by atoms with van der Waals surface area (Å²) in [6, 6.07) is 4.13. The Morgan fingerprint density at radius 2 is 1.78 bits per heavy atom. The normalized spacial score (nSPS) is 27.9. The van der Waals surface area contributed by atoms with Crippen molar-refractivity contribution >= 4 is 34.8 Å². The Morgan fingerprint density at radius 3 is 2.32 bits per heavy atom. The van der Waals surface area contributed by atoms with E-state index in [1.54, 1.807) is 0 Å². The van der Waals surface area contributed by atoms with Gasteiger partial charge >= 0.3 is 0 Å². The van der Waals surface area contributed by atoms with Gasteiger partial charge in [0.15, 0.2) is 23.6 Å². The fourth-order valence-corrected chi connectivity index (χ4v) is 5.70. The molecular formula is C26H25Cl2F3N4O6. The van der Waals surface area contributed by atoms with Gasteiger partial charge in [0, 0.05) is 28.4 Å². The van der Waals surface area contributed by atoms with E-state index in [-0.39, 0.29) is 21.3 Å². The summed E-state index contributed by atoms with van der Waals surface area (Å²) >= 11 is 12.4. The quantitative estimate of drug-likeness (QED) is 0.346. The molecule has 7 atom stereocenters. The Bertz CT molecular complexity index is 1400. The van der Waals surface area contributed by atoms with Gasteiger partial charge in [-0.1, -0.05) is 28.4 Å². The van der Waals surface area contributed by atoms with Crippen LogP contribution in [0.2, 0.25) is 10.0 Å². The molecule has 220 valence electrons. The van der Waals surface area contributed by atoms with Crippen molar-refractivity contribution in [3.05, 3.63) is 64.0 Å². The van der Waals surface area contributed by atoms with Crippen molar-refractivity contribution in [2.24, 2.45) is 0 Å². The second-order valence-corrected chi connectivity index (χ2v) is 10.7. The summed E-state index contributed by atoms with van der Waals surface area (Å²) in [4.78, 5) is 15.5. The van der Waals surface area contributed by atoms with Crippen LogP contribution in [0, 0.1) is 17.5 Å². The highest BCUT2D eigenvalue weighted by Crippen LogP contribution is 2.38. The van der Waals surface area contributed by atoms with E-state index in [1.165, 1.54) is 36.4 Å². The zero-order valence-electron chi connectivity index (χ0n) is 21.4. The first kappa shape index (κ1) is 29.7. The summed E-state index contributed by atoms with van der Waals surface area (Å²) in [7, 11) is 1.27. The number of rotatable bonds is 7. The van der Waals surface area contributed by atoms with Crippen molar-refractivity contribution in [1.82, 2.24) is 15.0 Å². The molecule has 2 heterocycles. The van der Waals surface area contributed by atoms with E-state index in [1.807, 2.05) is 0 Å². The van der Waals surface area contributed by atoms with Gasteiger partial charge in [-0.15, -0.1) is 5.10 Å². The van der Waals surface area contributed by atoms with Crippen LogP contribution >= 0.6 is 23.2 Å². The number of amides is 1. The van der Waals surface area contributed by atoms with E-state index in [0.717, 1.165) is 16.8 Å². The molecule has 1 aromatic heterocycles. The van der Waals surface area contributed by atoms with Crippen LogP contribution in [0.1, 0.15) is 18.9 Å². The fraction of sp³-hybridized carbons (Fsp3) is 0.423. The Kier molecular flexibility index (Phi) is 8.58. The fourth-order valence-electron chi connectivity index (χ4n) is 5.18. The maximum absolute atomic E-state index is 14.1. The largest absolute Gasteiger partial charge is 0.394 e. The summed E-state index contributed by atoms with van der Waals surface area (Å²) in [6.45, 7) is -0.692. The van der Waals surface area contributed by atoms with E-state index < -0.39 is 72.6 Å². The number of nitrogens with zero attached hydrogens (tertiary/aromatic N) is 4. The van der Waals surface area contributed by atoms with Crippen LogP contribution in [-0.4, -0.2) is 86.5 Å². The van der Waals surface area contributed by atoms with Crippen LogP contribution in [0.4, 0.5) is 18.9 Å². The number of benzene rings is 2. The summed E-state index contributed by atoms with van der Waals surface area (Å²) in [5.74, 6) is -5.17. The lowest BCUT2D eigenvalue weighted by molar-refractivity contribution is -0.211. The maximum atomic E-state index is 14.1. The van der Waals surface area contributed by atoms with Crippen molar-refractivity contribution in [3.8, 4) is 11.3 Å². The molecule has 1 saturated heterocycles. The first-order chi connectivity index (χ1) is 19.5. The molecule has 1 aliphatic heterocycles. The monoisotopic (exact) mass is 616 g/mol. The highest BCUT2D eigenvalue weighted by molar-refractivity contribution is 6.35. The second-order valence-electron chi connectivity index (χ2n) is 9.84. The lowest BCUT2D eigenvalue weighted by atomic mass is 9.85. The molecule has 15 heteroatoms. The average Bonchev–Trinajstić information content (AvgIpc) is 3.42. The van der Waals surface area contributed by atoms with Crippen LogP contribution in [0.3, 0.4) is 0 Å². The van der Waals surface area contributed by atoms with Gasteiger partial charge in [0.25, 0.3) is 5.91 Å². The predicted octanol–water partition coefficient (Wildman–Crippen LogP) is 2.90. The Hall–Kier alpha value is -2.78. The molecule has 0 radical (unpaired) electrons. The highest BCUT2D eigenvalue weighted by Gasteiger charge is 2.52. The number of methoxy groups -OCH3 is 1. The molecule has 0 bridgehead atoms. The number of aliphatic hydroxyl groups is 3. The lowest BCUT2D eigenvalue weighted by Gasteiger charge is -2.47. The molecule has 0 spiro atoms. The number of hydrogen-bond donors (Lipinski definition) is 3. The number of carbonyl (C=O) groups is 1. The van der Waals surface area contributed by atoms with Crippen molar-refractivity contribution in [1.29, 1.82) is 0 Å². The summed E-state index contributed by atoms with van der Waals surface area (Å²) in [5, 5.41) is 39.9. The van der Waals surface area contributed by atoms with Gasteiger partial charge in [-0.2, -0.15) is 0 Å². The molecule has 3 aromatic rings. The summed E-state index contributed by atoms with van der Waals surface area (Å²) in [5.41, 5.74) is 0.103. The number of hydrogen-bond acceptors (Lipinski definition) is 8. The van der Waals surface area contributed by atoms with Gasteiger partial charge in [-0.25, -0.2) is 17.9 Å². The Labute approximate surface area is 241 Å². The molecule has 0 unspecified atom stereocenters. The highest BCUT2D eigenvalue weighted by atomic mass is 35.5. The van der Waals surface area contributed by atoms with Crippen LogP contribution in [0.15, 0.2) is 36.5 Å². The standard InChI is InChI=1S/C26H25Cl2F3N4O6/c1-40-24-22(34-9-17(32-33-34)11-4-15(29)21(31)16(30)5-11)23(38)20(10-36)41-25(24)26(39)35(18-2-3-19(18)37)14-7-12(27)6-13(28)8-14/h4-9,18-20,22-25,36-38H,2-3,10H2,1H3/t18-,19-,20-,22+,23+,24-,25-/m1/s1.